The summed E-state index contributed by atoms with van der Waals surface area (Å²) < 4.78 is 16.5. The maximum Gasteiger partial charge on any atom is 0.306 e. The minimum absolute atomic E-state index is 0.127. The van der Waals surface area contributed by atoms with Crippen LogP contribution < -0.4 is 0 Å². The Labute approximate surface area is 330 Å². The van der Waals surface area contributed by atoms with Gasteiger partial charge < -0.3 is 14.2 Å². The standard InChI is InChI=1S/C48H76O6/c1-4-7-10-13-16-19-22-24-27-29-32-35-38-41-47(50)53-44-45(43-52-46(49)40-37-34-31-28-25-21-18-15-12-9-6-3)54-48(51)42-39-36-33-30-26-23-20-17-14-11-8-5-2/h7,9-10,12-13,16,18-19,21-22,24,27-29,31-32,45H,4-6,8,11,14-15,17,20,23,25-26,30,33-44H2,1-3H3/b10-7-,12-9-,16-13-,21-18-,22-19-,27-24-,31-28-,32-29-. The average Bonchev–Trinajstić information content (AvgIpc) is 3.17. The second-order valence-electron chi connectivity index (χ2n) is 13.6. The van der Waals surface area contributed by atoms with Gasteiger partial charge in [0, 0.05) is 19.3 Å². The first-order valence-corrected chi connectivity index (χ1v) is 21.3. The number of carbonyl (C=O) groups is 3. The lowest BCUT2D eigenvalue weighted by Crippen LogP contribution is -2.30. The van der Waals surface area contributed by atoms with Crippen molar-refractivity contribution < 1.29 is 28.6 Å². The molecule has 0 aromatic rings. The highest BCUT2D eigenvalue weighted by molar-refractivity contribution is 5.71. The Balaban J connectivity index is 4.58. The van der Waals surface area contributed by atoms with Crippen LogP contribution in [-0.2, 0) is 28.6 Å². The van der Waals surface area contributed by atoms with Crippen LogP contribution in [0.1, 0.15) is 168 Å². The summed E-state index contributed by atoms with van der Waals surface area (Å²) in [5.41, 5.74) is 0. The Kier molecular flexibility index (Phi) is 39.2. The quantitative estimate of drug-likeness (QED) is 0.0209. The largest absolute Gasteiger partial charge is 0.462 e. The third-order valence-electron chi connectivity index (χ3n) is 8.46. The molecule has 6 heteroatoms. The van der Waals surface area contributed by atoms with Crippen molar-refractivity contribution in [1.82, 2.24) is 0 Å². The van der Waals surface area contributed by atoms with Gasteiger partial charge in [-0.25, -0.2) is 0 Å². The first-order valence-electron chi connectivity index (χ1n) is 21.3. The van der Waals surface area contributed by atoms with E-state index in [0.29, 0.717) is 19.3 Å². The highest BCUT2D eigenvalue weighted by Gasteiger charge is 2.19. The zero-order chi connectivity index (χ0) is 39.4. The molecule has 6 nitrogen and oxygen atoms in total. The summed E-state index contributed by atoms with van der Waals surface area (Å²) in [7, 11) is 0. The van der Waals surface area contributed by atoms with E-state index in [1.54, 1.807) is 0 Å². The van der Waals surface area contributed by atoms with E-state index in [0.717, 1.165) is 57.8 Å². The van der Waals surface area contributed by atoms with E-state index < -0.39 is 6.10 Å². The first-order chi connectivity index (χ1) is 26.5. The molecule has 0 N–H and O–H groups in total. The third-order valence-corrected chi connectivity index (χ3v) is 8.46. The molecular formula is C48H76O6. The highest BCUT2D eigenvalue weighted by atomic mass is 16.6. The molecular weight excluding hydrogens is 673 g/mol. The monoisotopic (exact) mass is 749 g/mol. The molecule has 1 atom stereocenters. The van der Waals surface area contributed by atoms with Crippen LogP contribution in [0, 0.1) is 0 Å². The number of hydrogen-bond acceptors (Lipinski definition) is 6. The molecule has 0 saturated carbocycles. The molecule has 0 heterocycles. The van der Waals surface area contributed by atoms with E-state index in [4.69, 9.17) is 14.2 Å². The minimum Gasteiger partial charge on any atom is -0.462 e. The summed E-state index contributed by atoms with van der Waals surface area (Å²) in [4.78, 5) is 37.6. The second kappa shape index (κ2) is 42.1. The molecule has 0 aliphatic rings. The molecule has 1 unspecified atom stereocenters. The molecule has 0 spiro atoms. The van der Waals surface area contributed by atoms with E-state index in [-0.39, 0.29) is 44.0 Å². The number of rotatable bonds is 36. The number of allylic oxidation sites excluding steroid dienone is 16. The number of unbranched alkanes of at least 4 members (excludes halogenated alkanes) is 13. The molecule has 304 valence electrons. The minimum atomic E-state index is -0.822. The summed E-state index contributed by atoms with van der Waals surface area (Å²) in [6.07, 6.45) is 54.1. The Morgan fingerprint density at radius 2 is 0.815 bits per heavy atom. The predicted molar refractivity (Wildman–Crippen MR) is 228 cm³/mol. The number of ether oxygens (including phenoxy) is 3. The van der Waals surface area contributed by atoms with Gasteiger partial charge in [0.2, 0.25) is 0 Å². The van der Waals surface area contributed by atoms with Crippen LogP contribution in [0.3, 0.4) is 0 Å². The van der Waals surface area contributed by atoms with Gasteiger partial charge in [-0.05, 0) is 57.8 Å². The first kappa shape index (κ1) is 50.3. The fraction of sp³-hybridized carbons (Fsp3) is 0.604. The van der Waals surface area contributed by atoms with E-state index in [9.17, 15) is 14.4 Å². The van der Waals surface area contributed by atoms with Gasteiger partial charge in [-0.2, -0.15) is 0 Å². The van der Waals surface area contributed by atoms with Crippen molar-refractivity contribution in [2.45, 2.75) is 175 Å². The van der Waals surface area contributed by atoms with Crippen LogP contribution in [0.5, 0.6) is 0 Å². The summed E-state index contributed by atoms with van der Waals surface area (Å²) in [5.74, 6) is -1.06. The van der Waals surface area contributed by atoms with Crippen LogP contribution in [0.4, 0.5) is 0 Å². The van der Waals surface area contributed by atoms with Crippen LogP contribution in [0.15, 0.2) is 97.2 Å². The van der Waals surface area contributed by atoms with Crippen molar-refractivity contribution in [3.63, 3.8) is 0 Å². The number of carbonyl (C=O) groups excluding carboxylic acids is 3. The summed E-state index contributed by atoms with van der Waals surface area (Å²) in [5, 5.41) is 0. The van der Waals surface area contributed by atoms with Crippen molar-refractivity contribution in [3.05, 3.63) is 97.2 Å². The van der Waals surface area contributed by atoms with Crippen LogP contribution in [0.25, 0.3) is 0 Å². The highest BCUT2D eigenvalue weighted by Crippen LogP contribution is 2.13. The summed E-state index contributed by atoms with van der Waals surface area (Å²) in [6.45, 7) is 6.22. The number of esters is 3. The van der Waals surface area contributed by atoms with Gasteiger partial charge in [-0.15, -0.1) is 0 Å². The van der Waals surface area contributed by atoms with Gasteiger partial charge in [-0.1, -0.05) is 189 Å². The molecule has 0 rings (SSSR count). The van der Waals surface area contributed by atoms with Crippen molar-refractivity contribution in [1.29, 1.82) is 0 Å². The lowest BCUT2D eigenvalue weighted by atomic mass is 10.0. The van der Waals surface area contributed by atoms with Gasteiger partial charge in [0.05, 0.1) is 0 Å². The number of hydrogen-bond donors (Lipinski definition) is 0. The molecule has 0 saturated heterocycles. The molecule has 54 heavy (non-hydrogen) atoms. The Hall–Kier alpha value is -3.67. The molecule has 0 radical (unpaired) electrons. The van der Waals surface area contributed by atoms with E-state index in [1.165, 1.54) is 57.8 Å². The summed E-state index contributed by atoms with van der Waals surface area (Å²) >= 11 is 0. The molecule has 0 bridgehead atoms. The normalized spacial score (nSPS) is 13.0. The molecule has 0 amide bonds. The van der Waals surface area contributed by atoms with Crippen molar-refractivity contribution in [2.24, 2.45) is 0 Å². The lowest BCUT2D eigenvalue weighted by molar-refractivity contribution is -0.167. The van der Waals surface area contributed by atoms with Gasteiger partial charge >= 0.3 is 17.9 Å². The van der Waals surface area contributed by atoms with Crippen molar-refractivity contribution in [3.8, 4) is 0 Å². The topological polar surface area (TPSA) is 78.9 Å². The predicted octanol–water partition coefficient (Wildman–Crippen LogP) is 13.5. The Morgan fingerprint density at radius 1 is 0.407 bits per heavy atom. The fourth-order valence-electron chi connectivity index (χ4n) is 5.32. The smallest absolute Gasteiger partial charge is 0.306 e. The molecule has 0 aliphatic heterocycles. The van der Waals surface area contributed by atoms with Crippen LogP contribution in [-0.4, -0.2) is 37.2 Å². The summed E-state index contributed by atoms with van der Waals surface area (Å²) in [6, 6.07) is 0. The Bertz CT molecular complexity index is 1140. The van der Waals surface area contributed by atoms with E-state index in [2.05, 4.69) is 63.3 Å². The van der Waals surface area contributed by atoms with Crippen LogP contribution >= 0.6 is 0 Å². The van der Waals surface area contributed by atoms with Crippen molar-refractivity contribution in [2.75, 3.05) is 13.2 Å². The lowest BCUT2D eigenvalue weighted by Gasteiger charge is -2.18. The molecule has 0 fully saturated rings. The second-order valence-corrected chi connectivity index (χ2v) is 13.6. The Morgan fingerprint density at radius 3 is 1.33 bits per heavy atom. The van der Waals surface area contributed by atoms with Gasteiger partial charge in [-0.3, -0.25) is 14.4 Å². The third kappa shape index (κ3) is 39.5. The maximum atomic E-state index is 12.7. The zero-order valence-corrected chi connectivity index (χ0v) is 34.4. The van der Waals surface area contributed by atoms with Gasteiger partial charge in [0.25, 0.3) is 0 Å². The van der Waals surface area contributed by atoms with E-state index >= 15 is 0 Å². The van der Waals surface area contributed by atoms with Crippen LogP contribution in [0.2, 0.25) is 0 Å². The van der Waals surface area contributed by atoms with Gasteiger partial charge in [0.15, 0.2) is 6.10 Å². The molecule has 0 aromatic heterocycles. The molecule has 0 aromatic carbocycles. The average molecular weight is 749 g/mol. The van der Waals surface area contributed by atoms with Crippen molar-refractivity contribution >= 4 is 17.9 Å². The van der Waals surface area contributed by atoms with E-state index in [1.807, 2.05) is 54.7 Å². The fourth-order valence-corrected chi connectivity index (χ4v) is 5.32. The SMILES string of the molecule is CC\C=C/C=C\C=C/C=C\C=C/CCCC(=O)OCC(COC(=O)CCC/C=C\C/C=C\C/C=C\CC)OC(=O)CCCCCCCCCCCCCC. The van der Waals surface area contributed by atoms with Gasteiger partial charge in [0.1, 0.15) is 13.2 Å². The maximum absolute atomic E-state index is 12.7. The zero-order valence-electron chi connectivity index (χ0n) is 34.4. The molecule has 0 aliphatic carbocycles.